The summed E-state index contributed by atoms with van der Waals surface area (Å²) in [7, 11) is 0. The van der Waals surface area contributed by atoms with Crippen LogP contribution >= 0.6 is 0 Å². The number of hydrogen-bond acceptors (Lipinski definition) is 2. The van der Waals surface area contributed by atoms with Crippen molar-refractivity contribution in [1.29, 1.82) is 0 Å². The zero-order valence-electron chi connectivity index (χ0n) is 11.9. The first-order chi connectivity index (χ1) is 9.47. The molecule has 0 spiro atoms. The van der Waals surface area contributed by atoms with Crippen molar-refractivity contribution in [3.63, 3.8) is 0 Å². The van der Waals surface area contributed by atoms with E-state index in [1.165, 1.54) is 17.1 Å². The zero-order chi connectivity index (χ0) is 14.8. The predicted molar refractivity (Wildman–Crippen MR) is 72.8 cm³/mol. The number of nitrogens with one attached hydrogen (secondary N) is 1. The molecule has 2 rings (SSSR count). The van der Waals surface area contributed by atoms with Crippen LogP contribution in [-0.2, 0) is 5.66 Å². The Morgan fingerprint density at radius 2 is 1.85 bits per heavy atom. The largest absolute Gasteiger partial charge is 0.426 e. The van der Waals surface area contributed by atoms with Gasteiger partial charge >= 0.3 is 6.18 Å². The summed E-state index contributed by atoms with van der Waals surface area (Å²) >= 11 is 0. The van der Waals surface area contributed by atoms with Gasteiger partial charge in [0.2, 0.25) is 5.66 Å². The van der Waals surface area contributed by atoms with E-state index in [9.17, 15) is 13.2 Å². The second-order valence-electron chi connectivity index (χ2n) is 5.26. The summed E-state index contributed by atoms with van der Waals surface area (Å²) in [6, 6.07) is 8.01. The van der Waals surface area contributed by atoms with Gasteiger partial charge in [0.15, 0.2) is 0 Å². The summed E-state index contributed by atoms with van der Waals surface area (Å²) in [6.07, 6.45) is -0.898. The maximum Gasteiger partial charge on any atom is 0.426 e. The maximum atomic E-state index is 13.5. The Morgan fingerprint density at radius 3 is 2.35 bits per heavy atom. The van der Waals surface area contributed by atoms with E-state index in [1.807, 2.05) is 6.92 Å². The van der Waals surface area contributed by atoms with Crippen molar-refractivity contribution in [2.24, 2.45) is 0 Å². The van der Waals surface area contributed by atoms with Gasteiger partial charge in [0.1, 0.15) is 0 Å². The summed E-state index contributed by atoms with van der Waals surface area (Å²) in [5, 5.41) is 1.39. The van der Waals surface area contributed by atoms with Gasteiger partial charge in [0, 0.05) is 6.04 Å². The molecule has 0 aromatic heterocycles. The number of hydrazine groups is 1. The molecule has 0 radical (unpaired) electrons. The summed E-state index contributed by atoms with van der Waals surface area (Å²) in [5.41, 5.74) is 0.876. The Bertz CT molecular complexity index is 432. The number of alkyl halides is 3. The fourth-order valence-corrected chi connectivity index (χ4v) is 2.72. The number of benzene rings is 1. The van der Waals surface area contributed by atoms with Crippen molar-refractivity contribution in [2.45, 2.75) is 57.4 Å². The van der Waals surface area contributed by atoms with Crippen LogP contribution in [0.4, 0.5) is 13.2 Å². The zero-order valence-corrected chi connectivity index (χ0v) is 11.9. The summed E-state index contributed by atoms with van der Waals surface area (Å²) < 4.78 is 40.6. The second-order valence-corrected chi connectivity index (χ2v) is 5.26. The second kappa shape index (κ2) is 5.74. The lowest BCUT2D eigenvalue weighted by molar-refractivity contribution is -0.178. The van der Waals surface area contributed by atoms with E-state index in [0.29, 0.717) is 6.42 Å². The number of unbranched alkanes of at least 4 members (excludes halogenated alkanes) is 1. The van der Waals surface area contributed by atoms with Crippen LogP contribution < -0.4 is 5.43 Å². The highest BCUT2D eigenvalue weighted by molar-refractivity contribution is 5.30. The highest BCUT2D eigenvalue weighted by Gasteiger charge is 2.72. The van der Waals surface area contributed by atoms with E-state index < -0.39 is 11.8 Å². The molecule has 1 heterocycles. The number of nitrogens with zero attached hydrogens (tertiary/aromatic N) is 1. The Labute approximate surface area is 117 Å². The molecule has 112 valence electrons. The minimum Gasteiger partial charge on any atom is -0.219 e. The van der Waals surface area contributed by atoms with Crippen molar-refractivity contribution in [3.05, 3.63) is 35.9 Å². The highest BCUT2D eigenvalue weighted by atomic mass is 19.4. The molecular weight excluding hydrogens is 265 g/mol. The quantitative estimate of drug-likeness (QED) is 0.793. The first-order valence-corrected chi connectivity index (χ1v) is 7.16. The van der Waals surface area contributed by atoms with Crippen LogP contribution in [0.25, 0.3) is 0 Å². The molecule has 1 saturated heterocycles. The van der Waals surface area contributed by atoms with Crippen molar-refractivity contribution >= 4 is 0 Å². The minimum atomic E-state index is -4.33. The molecule has 1 aromatic carbocycles. The molecule has 1 aliphatic rings. The van der Waals surface area contributed by atoms with Crippen LogP contribution in [0.5, 0.6) is 0 Å². The van der Waals surface area contributed by atoms with E-state index >= 15 is 0 Å². The lowest BCUT2D eigenvalue weighted by Crippen LogP contribution is -2.38. The van der Waals surface area contributed by atoms with Crippen LogP contribution in [0.1, 0.15) is 45.1 Å². The van der Waals surface area contributed by atoms with Crippen LogP contribution in [0.2, 0.25) is 0 Å². The van der Waals surface area contributed by atoms with Gasteiger partial charge < -0.3 is 0 Å². The Morgan fingerprint density at radius 1 is 1.20 bits per heavy atom. The van der Waals surface area contributed by atoms with Crippen molar-refractivity contribution in [2.75, 3.05) is 0 Å². The highest BCUT2D eigenvalue weighted by Crippen LogP contribution is 2.51. The van der Waals surface area contributed by atoms with Crippen LogP contribution in [0.3, 0.4) is 0 Å². The topological polar surface area (TPSA) is 25.0 Å². The van der Waals surface area contributed by atoms with Gasteiger partial charge in [-0.25, -0.2) is 10.4 Å². The molecule has 0 saturated carbocycles. The molecule has 0 bridgehead atoms. The van der Waals surface area contributed by atoms with Gasteiger partial charge in [-0.15, -0.1) is 0 Å². The number of hydrogen-bond donors (Lipinski definition) is 1. The third-order valence-corrected chi connectivity index (χ3v) is 3.92. The molecule has 20 heavy (non-hydrogen) atoms. The van der Waals surface area contributed by atoms with Gasteiger partial charge in [-0.2, -0.15) is 13.2 Å². The fourth-order valence-electron chi connectivity index (χ4n) is 2.72. The summed E-state index contributed by atoms with van der Waals surface area (Å²) in [5.74, 6) is 0. The molecule has 1 aromatic rings. The standard InChI is InChI=1S/C15H21F3N2/c1-3-5-11-13(4-2)20-14(19-20,15(16,17)18)12-9-7-6-8-10-12/h6-10,13,19H,3-5,11H2,1-2H3. The summed E-state index contributed by atoms with van der Waals surface area (Å²) in [6.45, 7) is 3.99. The number of halogens is 3. The van der Waals surface area contributed by atoms with E-state index in [4.69, 9.17) is 0 Å². The van der Waals surface area contributed by atoms with Gasteiger partial charge in [-0.1, -0.05) is 57.0 Å². The lowest BCUT2D eigenvalue weighted by atomic mass is 10.0. The molecular formula is C15H21F3N2. The Hall–Kier alpha value is -1.07. The van der Waals surface area contributed by atoms with Crippen LogP contribution in [0, 0.1) is 0 Å². The van der Waals surface area contributed by atoms with Crippen LogP contribution in [-0.4, -0.2) is 17.2 Å². The normalized spacial score (nSPS) is 27.4. The molecule has 1 N–H and O–H groups in total. The minimum absolute atomic E-state index is 0.0863. The molecule has 2 nitrogen and oxygen atoms in total. The molecule has 0 amide bonds. The SMILES string of the molecule is CCCCC(CC)N1NC1(c1ccccc1)C(F)(F)F. The molecule has 1 aliphatic heterocycles. The first kappa shape index (κ1) is 15.3. The van der Waals surface area contributed by atoms with Gasteiger partial charge in [-0.05, 0) is 18.4 Å². The molecule has 3 unspecified atom stereocenters. The smallest absolute Gasteiger partial charge is 0.219 e. The summed E-state index contributed by atoms with van der Waals surface area (Å²) in [4.78, 5) is 0. The van der Waals surface area contributed by atoms with E-state index in [-0.39, 0.29) is 11.6 Å². The Kier molecular flexibility index (Phi) is 4.39. The van der Waals surface area contributed by atoms with Gasteiger partial charge in [0.05, 0.1) is 0 Å². The first-order valence-electron chi connectivity index (χ1n) is 7.16. The van der Waals surface area contributed by atoms with E-state index in [0.717, 1.165) is 19.3 Å². The Balaban J connectivity index is 2.25. The van der Waals surface area contributed by atoms with Crippen LogP contribution in [0.15, 0.2) is 30.3 Å². The predicted octanol–water partition coefficient (Wildman–Crippen LogP) is 4.19. The average molecular weight is 286 g/mol. The third-order valence-electron chi connectivity index (χ3n) is 3.92. The van der Waals surface area contributed by atoms with Crippen molar-refractivity contribution < 1.29 is 13.2 Å². The van der Waals surface area contributed by atoms with E-state index in [2.05, 4.69) is 12.3 Å². The number of rotatable bonds is 6. The van der Waals surface area contributed by atoms with Crippen molar-refractivity contribution in [1.82, 2.24) is 10.4 Å². The van der Waals surface area contributed by atoms with E-state index in [1.54, 1.807) is 18.2 Å². The molecule has 3 atom stereocenters. The van der Waals surface area contributed by atoms with Gasteiger partial charge in [0.25, 0.3) is 0 Å². The third kappa shape index (κ3) is 2.56. The maximum absolute atomic E-state index is 13.5. The average Bonchev–Trinajstić information content (AvgIpc) is 3.17. The molecule has 5 heteroatoms. The monoisotopic (exact) mass is 286 g/mol. The fraction of sp³-hybridized carbons (Fsp3) is 0.600. The molecule has 1 fully saturated rings. The van der Waals surface area contributed by atoms with Crippen molar-refractivity contribution in [3.8, 4) is 0 Å². The lowest BCUT2D eigenvalue weighted by Gasteiger charge is -2.23. The molecule has 0 aliphatic carbocycles. The van der Waals surface area contributed by atoms with Gasteiger partial charge in [-0.3, -0.25) is 0 Å².